The van der Waals surface area contributed by atoms with Gasteiger partial charge in [-0.05, 0) is 98.4 Å². The molecule has 622 valence electrons. The molecule has 0 atom stereocenters. The van der Waals surface area contributed by atoms with Gasteiger partial charge in [-0.25, -0.2) is 59.8 Å². The Morgan fingerprint density at radius 2 is 0.481 bits per heavy atom. The molecular weight excluding hydrogens is 1710 g/mol. The van der Waals surface area contributed by atoms with E-state index in [-0.39, 0.29) is 0 Å². The van der Waals surface area contributed by atoms with Crippen molar-refractivity contribution in [2.24, 2.45) is 0 Å². The molecule has 17 heteroatoms. The summed E-state index contributed by atoms with van der Waals surface area (Å²) in [5.74, 6) is 5.88. The molecular formula is C116H68N12OS4. The number of furan rings is 1. The molecule has 0 aliphatic rings. The monoisotopic (exact) mass is 1770 g/mol. The Labute approximate surface area is 776 Å². The highest BCUT2D eigenvalue weighted by Crippen LogP contribution is 2.47. The van der Waals surface area contributed by atoms with Crippen molar-refractivity contribution in [3.05, 3.63) is 413 Å². The Hall–Kier alpha value is -16.8. The smallest absolute Gasteiger partial charge is 0.164 e. The highest BCUT2D eigenvalue weighted by Gasteiger charge is 2.24. The van der Waals surface area contributed by atoms with E-state index in [0.717, 1.165) is 135 Å². The molecule has 27 aromatic rings. The molecule has 0 saturated carbocycles. The van der Waals surface area contributed by atoms with Gasteiger partial charge in [0.2, 0.25) is 0 Å². The molecule has 8 aromatic heterocycles. The third kappa shape index (κ3) is 14.7. The zero-order chi connectivity index (χ0) is 87.8. The fraction of sp³-hybridized carbons (Fsp3) is 0. The van der Waals surface area contributed by atoms with E-state index < -0.39 is 0 Å². The number of aromatic nitrogens is 12. The van der Waals surface area contributed by atoms with Gasteiger partial charge in [0.15, 0.2) is 52.4 Å². The quantitative estimate of drug-likeness (QED) is 0.106. The van der Waals surface area contributed by atoms with Gasteiger partial charge in [-0.15, -0.1) is 45.3 Å². The summed E-state index contributed by atoms with van der Waals surface area (Å²) in [6.07, 6.45) is 0. The zero-order valence-electron chi connectivity index (χ0n) is 70.7. The van der Waals surface area contributed by atoms with E-state index >= 15 is 0 Å². The number of thiazole rings is 3. The highest BCUT2D eigenvalue weighted by atomic mass is 32.1. The van der Waals surface area contributed by atoms with E-state index in [1.54, 1.807) is 34.0 Å². The first-order valence-electron chi connectivity index (χ1n) is 43.7. The fourth-order valence-electron chi connectivity index (χ4n) is 17.8. The molecule has 27 rings (SSSR count). The summed E-state index contributed by atoms with van der Waals surface area (Å²) in [6, 6.07) is 142. The van der Waals surface area contributed by atoms with Crippen molar-refractivity contribution in [1.29, 1.82) is 0 Å². The number of para-hydroxylation sites is 2. The van der Waals surface area contributed by atoms with Crippen LogP contribution in [0, 0.1) is 0 Å². The Balaban J connectivity index is 0.000000107. The molecule has 0 bridgehead atoms. The molecule has 133 heavy (non-hydrogen) atoms. The van der Waals surface area contributed by atoms with Crippen LogP contribution in [0.15, 0.2) is 417 Å². The minimum Gasteiger partial charge on any atom is -0.455 e. The molecule has 0 unspecified atom stereocenters. The molecule has 8 heterocycles. The zero-order valence-corrected chi connectivity index (χ0v) is 73.9. The minimum atomic E-state index is 0.640. The molecule has 0 spiro atoms. The Bertz CT molecular complexity index is 8710. The molecule has 0 amide bonds. The Morgan fingerprint density at radius 1 is 0.165 bits per heavy atom. The van der Waals surface area contributed by atoms with E-state index in [1.807, 2.05) is 212 Å². The van der Waals surface area contributed by atoms with Gasteiger partial charge in [0.25, 0.3) is 0 Å². The van der Waals surface area contributed by atoms with Crippen LogP contribution in [0.5, 0.6) is 0 Å². The molecule has 13 nitrogen and oxygen atoms in total. The average molecular weight is 1770 g/mol. The summed E-state index contributed by atoms with van der Waals surface area (Å²) in [6.45, 7) is 0. The molecule has 0 aliphatic heterocycles. The molecule has 0 aliphatic carbocycles. The van der Waals surface area contributed by atoms with Gasteiger partial charge < -0.3 is 4.42 Å². The lowest BCUT2D eigenvalue weighted by Crippen LogP contribution is -2.00. The summed E-state index contributed by atoms with van der Waals surface area (Å²) < 4.78 is 12.4. The third-order valence-electron chi connectivity index (χ3n) is 24.3. The minimum absolute atomic E-state index is 0.640. The van der Waals surface area contributed by atoms with Gasteiger partial charge >= 0.3 is 0 Å². The van der Waals surface area contributed by atoms with Crippen molar-refractivity contribution in [2.45, 2.75) is 0 Å². The highest BCUT2D eigenvalue weighted by molar-refractivity contribution is 7.27. The van der Waals surface area contributed by atoms with Crippen molar-refractivity contribution in [3.63, 3.8) is 0 Å². The lowest BCUT2D eigenvalue weighted by atomic mass is 9.97. The summed E-state index contributed by atoms with van der Waals surface area (Å²) >= 11 is 7.05. The van der Waals surface area contributed by atoms with Crippen molar-refractivity contribution in [2.75, 3.05) is 0 Å². The number of hydrogen-bond acceptors (Lipinski definition) is 17. The SMILES string of the molecule is c1ccc(-c2nc(-c3ccccc3)nc(-c3ccc4c(ccc5nc(-c6cc7ccccc7c7ccccc67)sc54)c3)n2)cc1.c1ccc(-c2nc(-c3ccccc3)nc(-c3ccc4c(ccc5nc(-c6cccc7c6oc6ccccc67)sc54)c3)n2)cc1.c1ccc(-c2nc(-c3ccccc3)nc(-c3ccc4c(ccc5nc(-c6cccc7c6sc6ccccc67)sc54)c3)n2)cc1. The summed E-state index contributed by atoms with van der Waals surface area (Å²) in [7, 11) is 0. The topological polar surface area (TPSA) is 168 Å². The van der Waals surface area contributed by atoms with Crippen LogP contribution in [0.1, 0.15) is 0 Å². The molecule has 0 saturated heterocycles. The number of fused-ring (bicyclic) bond motifs is 18. The Kier molecular flexibility index (Phi) is 19.7. The second-order valence-electron chi connectivity index (χ2n) is 32.5. The van der Waals surface area contributed by atoms with Crippen LogP contribution in [0.2, 0.25) is 0 Å². The maximum Gasteiger partial charge on any atom is 0.164 e. The first-order chi connectivity index (χ1) is 65.8. The van der Waals surface area contributed by atoms with E-state index in [9.17, 15) is 0 Å². The average Bonchev–Trinajstić information content (AvgIpc) is 1.56. The van der Waals surface area contributed by atoms with Crippen LogP contribution in [0.3, 0.4) is 0 Å². The van der Waals surface area contributed by atoms with Crippen LogP contribution in [-0.4, -0.2) is 59.8 Å². The third-order valence-corrected chi connectivity index (χ3v) is 28.9. The summed E-state index contributed by atoms with van der Waals surface area (Å²) in [4.78, 5) is 59.4. The van der Waals surface area contributed by atoms with E-state index in [2.05, 4.69) is 212 Å². The Morgan fingerprint density at radius 3 is 0.910 bits per heavy atom. The number of benzene rings is 19. The maximum atomic E-state index is 6.32. The normalized spacial score (nSPS) is 11.6. The standard InChI is InChI=1S/C40H24N4S.C38H22N4OS.C38H22N4S2/c1-3-11-25(12-4-1)37-42-38(26-13-5-2-6-14-26)44-39(43-37)29-19-21-31-28(23-29)20-22-35-36(31)45-40(41-35)34-24-27-15-7-8-16-30(27)32-17-9-10-18-33(32)34;2*1-3-10-23(11-4-1)35-40-36(24-12-5-2-6-13-24)42-37(41-35)26-18-20-27-25(22-26)19-21-31-34(27)44-38(39-31)30-16-9-15-29-28-14-7-8-17-32(28)43-33(29)30/h1-24H;2*1-22H. The molecule has 0 fully saturated rings. The predicted octanol–water partition coefficient (Wildman–Crippen LogP) is 31.5. The van der Waals surface area contributed by atoms with Crippen molar-refractivity contribution >= 4 is 172 Å². The first-order valence-corrected chi connectivity index (χ1v) is 47.0. The summed E-state index contributed by atoms with van der Waals surface area (Å²) in [5.41, 5.74) is 16.7. The number of rotatable bonds is 12. The number of thiophene rings is 1. The van der Waals surface area contributed by atoms with E-state index in [4.69, 9.17) is 64.2 Å². The fourth-order valence-corrected chi connectivity index (χ4v) is 22.4. The maximum absolute atomic E-state index is 6.32. The first kappa shape index (κ1) is 78.5. The van der Waals surface area contributed by atoms with Crippen molar-refractivity contribution < 1.29 is 4.42 Å². The van der Waals surface area contributed by atoms with Gasteiger partial charge in [0.05, 0.1) is 36.2 Å². The number of hydrogen-bond donors (Lipinski definition) is 0. The predicted molar refractivity (Wildman–Crippen MR) is 552 cm³/mol. The molecule has 0 radical (unpaired) electrons. The van der Waals surface area contributed by atoms with Gasteiger partial charge in [-0.2, -0.15) is 0 Å². The largest absolute Gasteiger partial charge is 0.455 e. The van der Waals surface area contributed by atoms with Gasteiger partial charge in [-0.3, -0.25) is 0 Å². The molecule has 19 aromatic carbocycles. The molecule has 0 N–H and O–H groups in total. The number of nitrogens with zero attached hydrogens (tertiary/aromatic N) is 12. The summed E-state index contributed by atoms with van der Waals surface area (Å²) in [5, 5.41) is 19.7. The van der Waals surface area contributed by atoms with E-state index in [1.165, 1.54) is 73.0 Å². The lowest BCUT2D eigenvalue weighted by molar-refractivity contribution is 0.670. The second-order valence-corrected chi connectivity index (χ2v) is 36.5. The van der Waals surface area contributed by atoms with Crippen LogP contribution >= 0.6 is 45.3 Å². The van der Waals surface area contributed by atoms with Crippen LogP contribution in [0.4, 0.5) is 0 Å². The van der Waals surface area contributed by atoms with Gasteiger partial charge in [0, 0.05) is 108 Å². The van der Waals surface area contributed by atoms with Crippen LogP contribution in [-0.2, 0) is 0 Å². The lowest BCUT2D eigenvalue weighted by Gasteiger charge is -2.09. The van der Waals surface area contributed by atoms with E-state index in [0.29, 0.717) is 52.4 Å². The van der Waals surface area contributed by atoms with Crippen LogP contribution < -0.4 is 0 Å². The van der Waals surface area contributed by atoms with Crippen molar-refractivity contribution in [3.8, 4) is 134 Å². The second kappa shape index (κ2) is 33.4. The van der Waals surface area contributed by atoms with Crippen LogP contribution in [0.25, 0.3) is 261 Å². The van der Waals surface area contributed by atoms with Gasteiger partial charge in [0.1, 0.15) is 26.2 Å². The van der Waals surface area contributed by atoms with Gasteiger partial charge in [-0.1, -0.05) is 352 Å². The van der Waals surface area contributed by atoms with Crippen molar-refractivity contribution in [1.82, 2.24) is 59.8 Å².